The maximum Gasteiger partial charge on any atom is 0.359 e. The van der Waals surface area contributed by atoms with E-state index in [1.54, 1.807) is 6.34 Å². The molecule has 1 heterocycles. The van der Waals surface area contributed by atoms with Gasteiger partial charge in [-0.3, -0.25) is 9.08 Å². The summed E-state index contributed by atoms with van der Waals surface area (Å²) < 4.78 is 34.5. The van der Waals surface area contributed by atoms with Crippen molar-refractivity contribution in [2.45, 2.75) is 71.1 Å². The first-order valence-electron chi connectivity index (χ1n) is 9.51. The molecule has 0 spiro atoms. The number of nitrogens with zero attached hydrogens (tertiary/aromatic N) is 1. The molecule has 0 amide bonds. The van der Waals surface area contributed by atoms with Gasteiger partial charge in [0.1, 0.15) is 6.54 Å². The van der Waals surface area contributed by atoms with Crippen LogP contribution in [0.5, 0.6) is 0 Å². The molecule has 0 saturated heterocycles. The summed E-state index contributed by atoms with van der Waals surface area (Å²) in [5.74, 6) is -0.765. The number of unbranched alkanes of at least 4 members (excludes halogenated alkanes) is 9. The monoisotopic (exact) mass is 440 g/mol. The van der Waals surface area contributed by atoms with E-state index >= 15 is 0 Å². The Morgan fingerprint density at radius 2 is 1.57 bits per heavy atom. The van der Waals surface area contributed by atoms with Gasteiger partial charge in [-0.25, -0.2) is 18.2 Å². The van der Waals surface area contributed by atoms with Gasteiger partial charge >= 0.3 is 5.97 Å². The van der Waals surface area contributed by atoms with Gasteiger partial charge in [-0.1, -0.05) is 64.7 Å². The Kier molecular flexibility index (Phi) is 27.2. The van der Waals surface area contributed by atoms with Gasteiger partial charge in [-0.05, 0) is 6.42 Å². The second kappa shape index (κ2) is 22.7. The van der Waals surface area contributed by atoms with Crippen LogP contribution < -0.4 is 4.90 Å². The molecule has 28 heavy (non-hydrogen) atoms. The average molecular weight is 441 g/mol. The number of carboxylic acids is 1. The maximum atomic E-state index is 10.1. The fourth-order valence-corrected chi connectivity index (χ4v) is 2.87. The molecule has 2 N–H and O–H groups in total. The summed E-state index contributed by atoms with van der Waals surface area (Å²) in [6, 6.07) is 0. The topological polar surface area (TPSA) is 121 Å². The third-order valence-corrected chi connectivity index (χ3v) is 4.40. The molecule has 0 bridgehead atoms. The van der Waals surface area contributed by atoms with E-state index in [4.69, 9.17) is 5.11 Å². The van der Waals surface area contributed by atoms with E-state index in [2.05, 4.69) is 16.1 Å². The molecule has 2 radical (unpaired) electrons. The van der Waals surface area contributed by atoms with Crippen molar-refractivity contribution in [1.82, 2.24) is 0 Å². The molecular weight excluding hydrogens is 406 g/mol. The van der Waals surface area contributed by atoms with E-state index < -0.39 is 16.4 Å². The van der Waals surface area contributed by atoms with Crippen LogP contribution in [0.25, 0.3) is 0 Å². The minimum atomic E-state index is -4.48. The smallest absolute Gasteiger partial charge is 0.359 e. The molecule has 1 aliphatic heterocycles. The summed E-state index contributed by atoms with van der Waals surface area (Å²) in [5.41, 5.74) is 0. The Bertz CT molecular complexity index is 492. The van der Waals surface area contributed by atoms with Crippen molar-refractivity contribution in [2.24, 2.45) is 4.99 Å². The molecule has 11 heteroatoms. The summed E-state index contributed by atoms with van der Waals surface area (Å²) in [6.07, 6.45) is 13.4. The summed E-state index contributed by atoms with van der Waals surface area (Å²) in [7, 11) is -4.48. The van der Waals surface area contributed by atoms with Crippen LogP contribution in [-0.2, 0) is 19.4 Å². The van der Waals surface area contributed by atoms with Gasteiger partial charge in [-0.2, -0.15) is 0 Å². The van der Waals surface area contributed by atoms with Crippen molar-refractivity contribution in [3.63, 3.8) is 0 Å². The number of nitrogens with one attached hydrogen (secondary N) is 1. The van der Waals surface area contributed by atoms with E-state index in [0.717, 1.165) is 30.8 Å². The molecule has 0 aromatic heterocycles. The van der Waals surface area contributed by atoms with Gasteiger partial charge in [0.2, 0.25) is 10.4 Å². The Labute approximate surface area is 214 Å². The number of aliphatic carboxylic acids is 1. The number of aliphatic imine (C=N–C) groups is 1. The van der Waals surface area contributed by atoms with Crippen molar-refractivity contribution in [2.75, 3.05) is 26.2 Å². The van der Waals surface area contributed by atoms with E-state index in [1.165, 1.54) is 44.9 Å². The molecular formula is C17H34N2Na2O6S. The van der Waals surface area contributed by atoms with Crippen LogP contribution in [0.3, 0.4) is 0 Å². The fraction of sp³-hybridized carbons (Fsp3) is 0.882. The van der Waals surface area contributed by atoms with Crippen molar-refractivity contribution in [1.29, 1.82) is 0 Å². The van der Waals surface area contributed by atoms with Crippen LogP contribution in [-0.4, -0.2) is 116 Å². The molecule has 1 unspecified atom stereocenters. The Hall–Kier alpha value is 0.970. The van der Waals surface area contributed by atoms with Crippen LogP contribution >= 0.6 is 0 Å². The van der Waals surface area contributed by atoms with E-state index in [9.17, 15) is 17.8 Å². The third kappa shape index (κ3) is 27.0. The molecule has 0 aliphatic carbocycles. The zero-order valence-corrected chi connectivity index (χ0v) is 22.6. The normalized spacial score (nSPS) is 15.1. The molecule has 1 atom stereocenters. The first-order chi connectivity index (χ1) is 12.3. The maximum absolute atomic E-state index is 10.1. The summed E-state index contributed by atoms with van der Waals surface area (Å²) in [5, 5.41) is 8.29. The first kappa shape index (κ1) is 33.6. The Morgan fingerprint density at radius 1 is 1.07 bits per heavy atom. The van der Waals surface area contributed by atoms with Crippen LogP contribution in [0.15, 0.2) is 4.99 Å². The van der Waals surface area contributed by atoms with Crippen LogP contribution in [0.4, 0.5) is 0 Å². The number of carbonyl (C=O) groups is 1. The van der Waals surface area contributed by atoms with Crippen LogP contribution in [0, 0.1) is 0 Å². The molecule has 1 rings (SSSR count). The second-order valence-electron chi connectivity index (χ2n) is 6.43. The van der Waals surface area contributed by atoms with E-state index in [-0.39, 0.29) is 72.3 Å². The van der Waals surface area contributed by atoms with E-state index in [0.29, 0.717) is 6.42 Å². The Balaban J connectivity index is -0.000000482. The SMILES string of the molecule is CCCCCCCCCCCCOS(=O)(=O)[O-].O=C(O)C[NH+]1C=NCC1.[Na].[Na]. The first-order valence-corrected chi connectivity index (χ1v) is 10.8. The number of quaternary nitrogens is 1. The van der Waals surface area contributed by atoms with Crippen molar-refractivity contribution >= 4 is 81.8 Å². The second-order valence-corrected chi connectivity index (χ2v) is 7.48. The number of rotatable bonds is 14. The minimum absolute atomic E-state index is 0. The summed E-state index contributed by atoms with van der Waals surface area (Å²) in [6.45, 7) is 3.99. The molecule has 0 aromatic carbocycles. The zero-order valence-electron chi connectivity index (χ0n) is 17.8. The molecule has 0 aromatic rings. The standard InChI is InChI=1S/C12H26O4S.C5H8N2O2.2Na/c1-2-3-4-5-6-7-8-9-10-11-12-16-17(13,14)15;8-5(9)3-7-2-1-6-4-7;;/h2-12H2,1H3,(H,13,14,15);4H,1-3H2,(H,8,9);;. The minimum Gasteiger partial charge on any atom is -0.726 e. The third-order valence-electron chi connectivity index (χ3n) is 3.94. The zero-order chi connectivity index (χ0) is 19.7. The van der Waals surface area contributed by atoms with Gasteiger partial charge < -0.3 is 9.66 Å². The summed E-state index contributed by atoms with van der Waals surface area (Å²) in [4.78, 5) is 14.9. The van der Waals surface area contributed by atoms with Crippen molar-refractivity contribution in [3.05, 3.63) is 0 Å². The predicted octanol–water partition coefficient (Wildman–Crippen LogP) is 0.620. The number of carboxylic acid groups (broad SMARTS) is 1. The van der Waals surface area contributed by atoms with Gasteiger partial charge in [-0.15, -0.1) is 0 Å². The fourth-order valence-electron chi connectivity index (χ4n) is 2.55. The Morgan fingerprint density at radius 3 is 1.96 bits per heavy atom. The van der Waals surface area contributed by atoms with Crippen molar-refractivity contribution in [3.8, 4) is 0 Å². The molecule has 0 saturated carbocycles. The average Bonchev–Trinajstić information content (AvgIpc) is 3.04. The molecule has 1 aliphatic rings. The van der Waals surface area contributed by atoms with Gasteiger partial charge in [0.15, 0.2) is 12.9 Å². The van der Waals surface area contributed by atoms with Gasteiger partial charge in [0.05, 0.1) is 13.2 Å². The largest absolute Gasteiger partial charge is 0.726 e. The van der Waals surface area contributed by atoms with Crippen LogP contribution in [0.1, 0.15) is 71.1 Å². The summed E-state index contributed by atoms with van der Waals surface area (Å²) >= 11 is 0. The molecule has 156 valence electrons. The van der Waals surface area contributed by atoms with E-state index in [1.807, 2.05) is 0 Å². The van der Waals surface area contributed by atoms with Gasteiger partial charge in [0.25, 0.3) is 0 Å². The van der Waals surface area contributed by atoms with Crippen molar-refractivity contribution < 1.29 is 32.0 Å². The molecule has 0 fully saturated rings. The van der Waals surface area contributed by atoms with Gasteiger partial charge in [0, 0.05) is 59.1 Å². The molecule has 8 nitrogen and oxygen atoms in total. The number of hydrogen-bond acceptors (Lipinski definition) is 6. The van der Waals surface area contributed by atoms with Crippen LogP contribution in [0.2, 0.25) is 0 Å². The predicted molar refractivity (Wildman–Crippen MR) is 111 cm³/mol. The quantitative estimate of drug-likeness (QED) is 0.177. The number of hydrogen-bond donors (Lipinski definition) is 2.